The fraction of sp³-hybridized carbons (Fsp3) is 0.158. The highest BCUT2D eigenvalue weighted by molar-refractivity contribution is 7.13. The molecule has 1 aliphatic heterocycles. The molecule has 8 heteroatoms. The Morgan fingerprint density at radius 1 is 1.15 bits per heavy atom. The van der Waals surface area contributed by atoms with E-state index in [1.807, 2.05) is 23.6 Å². The van der Waals surface area contributed by atoms with Gasteiger partial charge in [-0.3, -0.25) is 4.79 Å². The fourth-order valence-corrected chi connectivity index (χ4v) is 3.31. The van der Waals surface area contributed by atoms with Crippen LogP contribution in [0.1, 0.15) is 11.3 Å². The third kappa shape index (κ3) is 4.35. The van der Waals surface area contributed by atoms with Gasteiger partial charge in [0, 0.05) is 17.6 Å². The van der Waals surface area contributed by atoms with Crippen LogP contribution in [0.3, 0.4) is 0 Å². The van der Waals surface area contributed by atoms with E-state index in [1.54, 1.807) is 12.1 Å². The highest BCUT2D eigenvalue weighted by atomic mass is 32.1. The summed E-state index contributed by atoms with van der Waals surface area (Å²) in [7, 11) is 0. The molecule has 1 aliphatic rings. The summed E-state index contributed by atoms with van der Waals surface area (Å²) in [6, 6.07) is 11.6. The van der Waals surface area contributed by atoms with Gasteiger partial charge in [0.1, 0.15) is 5.82 Å². The molecule has 0 fully saturated rings. The van der Waals surface area contributed by atoms with Crippen molar-refractivity contribution >= 4 is 28.1 Å². The molecule has 2 aromatic carbocycles. The Morgan fingerprint density at radius 3 is 2.81 bits per heavy atom. The number of benzene rings is 2. The van der Waals surface area contributed by atoms with E-state index in [-0.39, 0.29) is 24.9 Å². The fourth-order valence-electron chi connectivity index (χ4n) is 2.58. The van der Waals surface area contributed by atoms with Gasteiger partial charge in [-0.2, -0.15) is 0 Å². The number of hydrogen-bond acceptors (Lipinski definition) is 6. The van der Waals surface area contributed by atoms with Crippen molar-refractivity contribution in [3.63, 3.8) is 0 Å². The van der Waals surface area contributed by atoms with Crippen molar-refractivity contribution in [2.75, 3.05) is 12.1 Å². The first-order chi connectivity index (χ1) is 13.2. The van der Waals surface area contributed by atoms with Crippen molar-refractivity contribution in [3.05, 3.63) is 64.9 Å². The van der Waals surface area contributed by atoms with E-state index >= 15 is 0 Å². The summed E-state index contributed by atoms with van der Waals surface area (Å²) in [5, 5.41) is 8.44. The molecule has 0 radical (unpaired) electrons. The molecule has 0 spiro atoms. The lowest BCUT2D eigenvalue weighted by Crippen LogP contribution is -2.24. The topological polar surface area (TPSA) is 72.5 Å². The minimum Gasteiger partial charge on any atom is -0.454 e. The first-order valence-electron chi connectivity index (χ1n) is 8.28. The summed E-state index contributed by atoms with van der Waals surface area (Å²) in [6.45, 7) is 0.629. The van der Waals surface area contributed by atoms with Crippen molar-refractivity contribution in [1.29, 1.82) is 0 Å². The number of carbonyl (C=O) groups excluding carboxylic acids is 1. The number of nitrogens with zero attached hydrogens (tertiary/aromatic N) is 1. The summed E-state index contributed by atoms with van der Waals surface area (Å²) < 4.78 is 23.5. The van der Waals surface area contributed by atoms with Gasteiger partial charge in [0.05, 0.1) is 12.1 Å². The third-order valence-corrected chi connectivity index (χ3v) is 4.72. The number of ether oxygens (including phenoxy) is 2. The van der Waals surface area contributed by atoms with E-state index in [0.717, 1.165) is 11.3 Å². The molecule has 4 rings (SSSR count). The van der Waals surface area contributed by atoms with Gasteiger partial charge in [-0.05, 0) is 42.0 Å². The molecule has 0 saturated heterocycles. The van der Waals surface area contributed by atoms with Crippen LogP contribution in [0.2, 0.25) is 0 Å². The maximum atomic E-state index is 12.9. The number of amides is 1. The molecule has 0 aliphatic carbocycles. The van der Waals surface area contributed by atoms with E-state index in [1.165, 1.54) is 23.5 Å². The van der Waals surface area contributed by atoms with Crippen molar-refractivity contribution in [2.24, 2.45) is 0 Å². The number of fused-ring (bicyclic) bond motifs is 1. The zero-order chi connectivity index (χ0) is 18.6. The molecule has 0 bridgehead atoms. The molecule has 1 amide bonds. The average Bonchev–Trinajstić information content (AvgIpc) is 3.30. The van der Waals surface area contributed by atoms with Gasteiger partial charge in [0.2, 0.25) is 12.7 Å². The summed E-state index contributed by atoms with van der Waals surface area (Å²) in [5.74, 6) is 0.998. The number of nitrogens with one attached hydrogen (secondary N) is 2. The Bertz CT molecular complexity index is 959. The molecule has 0 atom stereocenters. The SMILES string of the molecule is O=C(Cc1csc(Nc2ccc(F)cc2)n1)NCc1ccc2c(c1)OCO2. The number of rotatable bonds is 6. The number of thiazole rings is 1. The van der Waals surface area contributed by atoms with Gasteiger partial charge in [0.25, 0.3) is 0 Å². The Labute approximate surface area is 159 Å². The van der Waals surface area contributed by atoms with E-state index in [4.69, 9.17) is 9.47 Å². The highest BCUT2D eigenvalue weighted by Crippen LogP contribution is 2.32. The first kappa shape index (κ1) is 17.3. The van der Waals surface area contributed by atoms with E-state index < -0.39 is 0 Å². The van der Waals surface area contributed by atoms with Crippen LogP contribution >= 0.6 is 11.3 Å². The second kappa shape index (κ2) is 7.63. The van der Waals surface area contributed by atoms with E-state index in [0.29, 0.717) is 28.9 Å². The van der Waals surface area contributed by atoms with Crippen LogP contribution in [-0.2, 0) is 17.8 Å². The maximum absolute atomic E-state index is 12.9. The van der Waals surface area contributed by atoms with Gasteiger partial charge in [0.15, 0.2) is 16.6 Å². The molecular formula is C19H16FN3O3S. The zero-order valence-corrected chi connectivity index (χ0v) is 15.0. The highest BCUT2D eigenvalue weighted by Gasteiger charge is 2.14. The average molecular weight is 385 g/mol. The minimum atomic E-state index is -0.292. The Hall–Kier alpha value is -3.13. The molecule has 27 heavy (non-hydrogen) atoms. The van der Waals surface area contributed by atoms with Crippen molar-refractivity contribution in [3.8, 4) is 11.5 Å². The van der Waals surface area contributed by atoms with Crippen LogP contribution in [0, 0.1) is 5.82 Å². The summed E-state index contributed by atoms with van der Waals surface area (Å²) in [5.41, 5.74) is 2.35. The standard InChI is InChI=1S/C19H16FN3O3S/c20-13-2-4-14(5-3-13)22-19-23-15(10-27-19)8-18(24)21-9-12-1-6-16-17(7-12)26-11-25-16/h1-7,10H,8-9,11H2,(H,21,24)(H,22,23). The van der Waals surface area contributed by atoms with Crippen molar-refractivity contribution in [1.82, 2.24) is 10.3 Å². The molecule has 2 N–H and O–H groups in total. The molecule has 1 aromatic heterocycles. The van der Waals surface area contributed by atoms with Gasteiger partial charge in [-0.15, -0.1) is 11.3 Å². The number of anilines is 2. The Balaban J connectivity index is 1.29. The first-order valence-corrected chi connectivity index (χ1v) is 9.16. The van der Waals surface area contributed by atoms with Crippen LogP contribution in [0.15, 0.2) is 47.8 Å². The van der Waals surface area contributed by atoms with Gasteiger partial charge < -0.3 is 20.1 Å². The normalized spacial score (nSPS) is 12.0. The van der Waals surface area contributed by atoms with Crippen molar-refractivity contribution < 1.29 is 18.7 Å². The van der Waals surface area contributed by atoms with Crippen LogP contribution in [-0.4, -0.2) is 17.7 Å². The van der Waals surface area contributed by atoms with Gasteiger partial charge >= 0.3 is 0 Å². The van der Waals surface area contributed by atoms with Crippen LogP contribution in [0.4, 0.5) is 15.2 Å². The lowest BCUT2D eigenvalue weighted by Gasteiger charge is -2.05. The van der Waals surface area contributed by atoms with Gasteiger partial charge in [-0.25, -0.2) is 9.37 Å². The molecule has 138 valence electrons. The largest absolute Gasteiger partial charge is 0.454 e. The molecule has 0 unspecified atom stereocenters. The molecular weight excluding hydrogens is 369 g/mol. The van der Waals surface area contributed by atoms with Crippen LogP contribution < -0.4 is 20.1 Å². The molecule has 6 nitrogen and oxygen atoms in total. The molecule has 3 aromatic rings. The lowest BCUT2D eigenvalue weighted by atomic mass is 10.2. The number of halogens is 1. The van der Waals surface area contributed by atoms with Crippen molar-refractivity contribution in [2.45, 2.75) is 13.0 Å². The Kier molecular flexibility index (Phi) is 4.88. The number of carbonyl (C=O) groups is 1. The van der Waals surface area contributed by atoms with E-state index in [9.17, 15) is 9.18 Å². The lowest BCUT2D eigenvalue weighted by molar-refractivity contribution is -0.120. The van der Waals surface area contributed by atoms with Gasteiger partial charge in [-0.1, -0.05) is 6.07 Å². The summed E-state index contributed by atoms with van der Waals surface area (Å²) >= 11 is 1.39. The molecule has 2 heterocycles. The summed E-state index contributed by atoms with van der Waals surface area (Å²) in [6.07, 6.45) is 0.187. The maximum Gasteiger partial charge on any atom is 0.231 e. The van der Waals surface area contributed by atoms with Crippen LogP contribution in [0.25, 0.3) is 0 Å². The third-order valence-electron chi connectivity index (χ3n) is 3.92. The Morgan fingerprint density at radius 2 is 1.96 bits per heavy atom. The smallest absolute Gasteiger partial charge is 0.231 e. The second-order valence-corrected chi connectivity index (χ2v) is 6.78. The second-order valence-electron chi connectivity index (χ2n) is 5.92. The zero-order valence-electron chi connectivity index (χ0n) is 14.2. The number of hydrogen-bond donors (Lipinski definition) is 2. The quantitative estimate of drug-likeness (QED) is 0.678. The number of aromatic nitrogens is 1. The predicted octanol–water partition coefficient (Wildman–Crippen LogP) is 3.61. The summed E-state index contributed by atoms with van der Waals surface area (Å²) in [4.78, 5) is 16.5. The van der Waals surface area contributed by atoms with Crippen LogP contribution in [0.5, 0.6) is 11.5 Å². The monoisotopic (exact) mass is 385 g/mol. The minimum absolute atomic E-state index is 0.119. The molecule has 0 saturated carbocycles. The van der Waals surface area contributed by atoms with E-state index in [2.05, 4.69) is 15.6 Å². The predicted molar refractivity (Wildman–Crippen MR) is 99.9 cm³/mol.